The van der Waals surface area contributed by atoms with Crippen LogP contribution < -0.4 is 11.2 Å². The summed E-state index contributed by atoms with van der Waals surface area (Å²) in [6.45, 7) is 0.201. The molecule has 0 fully saturated rings. The number of nitrogens with zero attached hydrogens (tertiary/aromatic N) is 3. The molecule has 2 heterocycles. The lowest BCUT2D eigenvalue weighted by atomic mass is 9.68. The first-order valence-electron chi connectivity index (χ1n) is 9.21. The van der Waals surface area contributed by atoms with Gasteiger partial charge in [0.15, 0.2) is 0 Å². The van der Waals surface area contributed by atoms with Crippen molar-refractivity contribution in [3.8, 4) is 0 Å². The third kappa shape index (κ3) is 4.05. The number of hydrazone groups is 1. The molecule has 1 aromatic heterocycles. The minimum atomic E-state index is -0.831. The third-order valence-corrected chi connectivity index (χ3v) is 5.26. The van der Waals surface area contributed by atoms with Gasteiger partial charge in [-0.25, -0.2) is 0 Å². The predicted octanol–water partition coefficient (Wildman–Crippen LogP) is 1.17. The molecule has 29 heavy (non-hydrogen) atoms. The minimum Gasteiger partial charge on any atom is -0.428 e. The van der Waals surface area contributed by atoms with Gasteiger partial charge in [0.25, 0.3) is 0 Å². The number of aromatic nitrogens is 1. The highest BCUT2D eigenvalue weighted by Gasteiger charge is 2.30. The molecule has 1 atom stereocenters. The molecule has 0 bridgehead atoms. The molecule has 1 aliphatic heterocycles. The number of carbonyl (C=O) groups is 1. The smallest absolute Gasteiger partial charge is 0.428 e. The quantitative estimate of drug-likeness (QED) is 0.621. The third-order valence-electron chi connectivity index (χ3n) is 5.26. The molecule has 148 valence electrons. The number of fused-ring (bicyclic) bond motifs is 2. The SMILES string of the molecule is CN1N=Cc2c(cccc2[C@@H](CN)C(=O)Cc2ccc3cnccc3c2)B1O.S. The van der Waals surface area contributed by atoms with Crippen molar-refractivity contribution in [2.45, 2.75) is 12.3 Å². The topological polar surface area (TPSA) is 91.8 Å². The molecule has 4 rings (SSSR count). The van der Waals surface area contributed by atoms with Crippen LogP contribution in [-0.2, 0) is 11.2 Å². The average Bonchev–Trinajstić information content (AvgIpc) is 2.71. The number of Topliss-reactive ketones (excluding diaryl/α,β-unsaturated/α-hetero) is 1. The van der Waals surface area contributed by atoms with E-state index < -0.39 is 13.0 Å². The fraction of sp³-hybridized carbons (Fsp3) is 0.190. The lowest BCUT2D eigenvalue weighted by Crippen LogP contribution is -2.48. The Balaban J connectivity index is 0.00000240. The van der Waals surface area contributed by atoms with Crippen LogP contribution in [0.3, 0.4) is 0 Å². The highest BCUT2D eigenvalue weighted by Crippen LogP contribution is 2.23. The summed E-state index contributed by atoms with van der Waals surface area (Å²) in [7, 11) is 0.875. The molecule has 0 saturated carbocycles. The fourth-order valence-electron chi connectivity index (χ4n) is 3.69. The number of hydrogen-bond donors (Lipinski definition) is 2. The molecule has 0 unspecified atom stereocenters. The number of hydrogen-bond acceptors (Lipinski definition) is 6. The molecule has 1 aliphatic rings. The molecule has 0 amide bonds. The second-order valence-corrected chi connectivity index (χ2v) is 7.03. The zero-order valence-electron chi connectivity index (χ0n) is 16.1. The fourth-order valence-corrected chi connectivity index (χ4v) is 3.69. The first-order chi connectivity index (χ1) is 13.6. The summed E-state index contributed by atoms with van der Waals surface area (Å²) in [6.07, 6.45) is 5.54. The van der Waals surface area contributed by atoms with Gasteiger partial charge in [-0.3, -0.25) is 9.78 Å². The lowest BCUT2D eigenvalue weighted by Gasteiger charge is -2.26. The van der Waals surface area contributed by atoms with Crippen LogP contribution in [-0.4, -0.2) is 47.6 Å². The van der Waals surface area contributed by atoms with Crippen molar-refractivity contribution in [3.05, 3.63) is 71.5 Å². The maximum absolute atomic E-state index is 13.1. The van der Waals surface area contributed by atoms with Gasteiger partial charge in [0.05, 0.1) is 12.1 Å². The minimum absolute atomic E-state index is 0. The van der Waals surface area contributed by atoms with Crippen molar-refractivity contribution in [1.29, 1.82) is 0 Å². The average molecular weight is 406 g/mol. The van der Waals surface area contributed by atoms with Gasteiger partial charge in [0.2, 0.25) is 0 Å². The Morgan fingerprint density at radius 2 is 2.07 bits per heavy atom. The van der Waals surface area contributed by atoms with E-state index in [1.54, 1.807) is 19.5 Å². The highest BCUT2D eigenvalue weighted by molar-refractivity contribution is 7.59. The number of rotatable bonds is 5. The molecule has 6 nitrogen and oxygen atoms in total. The Labute approximate surface area is 177 Å². The van der Waals surface area contributed by atoms with E-state index in [-0.39, 0.29) is 25.8 Å². The van der Waals surface area contributed by atoms with Crippen LogP contribution in [0.4, 0.5) is 0 Å². The van der Waals surface area contributed by atoms with Crippen LogP contribution in [0, 0.1) is 0 Å². The second kappa shape index (κ2) is 8.77. The number of carbonyl (C=O) groups excluding carboxylic acids is 1. The van der Waals surface area contributed by atoms with Gasteiger partial charge >= 0.3 is 7.05 Å². The van der Waals surface area contributed by atoms with Crippen molar-refractivity contribution in [1.82, 2.24) is 9.90 Å². The maximum Gasteiger partial charge on any atom is 0.466 e. The van der Waals surface area contributed by atoms with Crippen LogP contribution in [0.1, 0.15) is 22.6 Å². The van der Waals surface area contributed by atoms with Gasteiger partial charge in [-0.1, -0.05) is 36.4 Å². The van der Waals surface area contributed by atoms with Crippen molar-refractivity contribution in [2.75, 3.05) is 13.6 Å². The van der Waals surface area contributed by atoms with E-state index in [2.05, 4.69) is 10.1 Å². The predicted molar refractivity (Wildman–Crippen MR) is 122 cm³/mol. The first kappa shape index (κ1) is 21.0. The van der Waals surface area contributed by atoms with Crippen LogP contribution in [0.25, 0.3) is 10.8 Å². The molecule has 8 heteroatoms. The van der Waals surface area contributed by atoms with E-state index in [0.29, 0.717) is 6.42 Å². The number of pyridine rings is 1. The summed E-state index contributed by atoms with van der Waals surface area (Å²) >= 11 is 0. The number of benzene rings is 2. The highest BCUT2D eigenvalue weighted by atomic mass is 32.1. The summed E-state index contributed by atoms with van der Waals surface area (Å²) in [6, 6.07) is 13.5. The van der Waals surface area contributed by atoms with Crippen molar-refractivity contribution >= 4 is 48.8 Å². The molecular formula is C21H23BN4O2S. The van der Waals surface area contributed by atoms with Crippen molar-refractivity contribution in [3.63, 3.8) is 0 Å². The first-order valence-corrected chi connectivity index (χ1v) is 9.21. The second-order valence-electron chi connectivity index (χ2n) is 7.03. The van der Waals surface area contributed by atoms with E-state index in [0.717, 1.165) is 32.9 Å². The zero-order valence-corrected chi connectivity index (χ0v) is 17.1. The molecule has 0 spiro atoms. The van der Waals surface area contributed by atoms with E-state index in [1.807, 2.05) is 48.7 Å². The Kier molecular flexibility index (Phi) is 6.37. The summed E-state index contributed by atoms with van der Waals surface area (Å²) < 4.78 is 0. The molecular weight excluding hydrogens is 383 g/mol. The van der Waals surface area contributed by atoms with Gasteiger partial charge in [0.1, 0.15) is 5.78 Å². The van der Waals surface area contributed by atoms with Crippen LogP contribution in [0.15, 0.2) is 60.0 Å². The van der Waals surface area contributed by atoms with Crippen LogP contribution >= 0.6 is 13.5 Å². The van der Waals surface area contributed by atoms with E-state index in [4.69, 9.17) is 5.73 Å². The summed E-state index contributed by atoms with van der Waals surface area (Å²) in [5, 5.41) is 16.7. The van der Waals surface area contributed by atoms with E-state index in [1.165, 1.54) is 4.92 Å². The lowest BCUT2D eigenvalue weighted by molar-refractivity contribution is -0.119. The monoisotopic (exact) mass is 406 g/mol. The molecule has 0 saturated heterocycles. The molecule has 3 aromatic rings. The van der Waals surface area contributed by atoms with Crippen molar-refractivity contribution in [2.24, 2.45) is 10.8 Å². The zero-order chi connectivity index (χ0) is 19.7. The van der Waals surface area contributed by atoms with Gasteiger partial charge < -0.3 is 15.7 Å². The van der Waals surface area contributed by atoms with Gasteiger partial charge in [-0.05, 0) is 33.6 Å². The molecule has 0 aliphatic carbocycles. The van der Waals surface area contributed by atoms with E-state index in [9.17, 15) is 9.82 Å². The Morgan fingerprint density at radius 1 is 1.24 bits per heavy atom. The summed E-state index contributed by atoms with van der Waals surface area (Å²) in [5.74, 6) is -0.406. The van der Waals surface area contributed by atoms with Crippen molar-refractivity contribution < 1.29 is 9.82 Å². The van der Waals surface area contributed by atoms with Gasteiger partial charge in [0, 0.05) is 37.8 Å². The Morgan fingerprint density at radius 3 is 2.86 bits per heavy atom. The normalized spacial score (nSPS) is 13.8. The summed E-state index contributed by atoms with van der Waals surface area (Å²) in [4.78, 5) is 18.7. The Bertz CT molecular complexity index is 1080. The van der Waals surface area contributed by atoms with Crippen LogP contribution in [0.2, 0.25) is 0 Å². The van der Waals surface area contributed by atoms with E-state index >= 15 is 0 Å². The molecule has 3 N–H and O–H groups in total. The van der Waals surface area contributed by atoms with Gasteiger partial charge in [-0.2, -0.15) is 18.6 Å². The maximum atomic E-state index is 13.1. The standard InChI is InChI=1S/C21H21BN4O2.H2S/c1-26-22(28)20-4-2-3-17(19(20)13-25-26)18(11-23)21(27)10-14-5-6-16-12-24-8-7-15(16)9-14;/h2-9,12-13,18,28H,10-11,23H2,1H3;1H2/t18-;/m1./s1. The largest absolute Gasteiger partial charge is 0.466 e. The summed E-state index contributed by atoms with van der Waals surface area (Å²) in [5.41, 5.74) is 9.27. The number of ketones is 1. The Hall–Kier alpha value is -2.68. The van der Waals surface area contributed by atoms with Gasteiger partial charge in [-0.15, -0.1) is 0 Å². The molecule has 2 aromatic carbocycles. The number of nitrogens with two attached hydrogens (primary N) is 1. The van der Waals surface area contributed by atoms with Crippen LogP contribution in [0.5, 0.6) is 0 Å². The molecule has 0 radical (unpaired) electrons.